The number of hydrogen-bond donors (Lipinski definition) is 2. The molecule has 3 fully saturated rings. The van der Waals surface area contributed by atoms with Crippen molar-refractivity contribution in [2.24, 2.45) is 0 Å². The minimum absolute atomic E-state index is 0.176. The molecule has 0 bridgehead atoms. The summed E-state index contributed by atoms with van der Waals surface area (Å²) in [4.78, 5) is 29.5. The van der Waals surface area contributed by atoms with Crippen LogP contribution < -0.4 is 14.8 Å². The molecule has 46 heavy (non-hydrogen) atoms. The summed E-state index contributed by atoms with van der Waals surface area (Å²) in [7, 11) is 1.63. The molecule has 3 aliphatic rings. The molecule has 0 radical (unpaired) electrons. The number of amides is 1. The molecule has 242 valence electrons. The summed E-state index contributed by atoms with van der Waals surface area (Å²) in [5, 5.41) is 22.6. The minimum atomic E-state index is -1.46. The lowest BCUT2D eigenvalue weighted by molar-refractivity contribution is -0.143. The van der Waals surface area contributed by atoms with Gasteiger partial charge in [-0.05, 0) is 75.2 Å². The summed E-state index contributed by atoms with van der Waals surface area (Å²) in [6.45, 7) is 5.16. The largest absolute Gasteiger partial charge is 0.486 e. The lowest BCUT2D eigenvalue weighted by Crippen LogP contribution is -2.51. The molecule has 2 N–H and O–H groups in total. The van der Waals surface area contributed by atoms with Crippen LogP contribution in [-0.4, -0.2) is 107 Å². The molecule has 0 spiro atoms. The zero-order valence-corrected chi connectivity index (χ0v) is 25.9. The fourth-order valence-electron chi connectivity index (χ4n) is 6.22. The molecular formula is C33H38FN7O5. The number of benzene rings is 1. The Morgan fingerprint density at radius 3 is 2.63 bits per heavy atom. The van der Waals surface area contributed by atoms with Crippen molar-refractivity contribution in [1.29, 1.82) is 5.26 Å². The maximum Gasteiger partial charge on any atom is 0.251 e. The van der Waals surface area contributed by atoms with Crippen LogP contribution in [-0.2, 0) is 9.53 Å². The molecule has 0 unspecified atom stereocenters. The van der Waals surface area contributed by atoms with E-state index in [-0.39, 0.29) is 30.8 Å². The number of piperidine rings is 2. The highest BCUT2D eigenvalue weighted by Crippen LogP contribution is 2.35. The van der Waals surface area contributed by atoms with Crippen molar-refractivity contribution in [2.75, 3.05) is 51.8 Å². The summed E-state index contributed by atoms with van der Waals surface area (Å²) >= 11 is 0. The van der Waals surface area contributed by atoms with Crippen LogP contribution >= 0.6 is 0 Å². The normalized spacial score (nSPS) is 21.6. The van der Waals surface area contributed by atoms with E-state index in [1.807, 2.05) is 6.07 Å². The number of anilines is 2. The number of alkyl halides is 1. The van der Waals surface area contributed by atoms with Gasteiger partial charge in [0, 0.05) is 30.3 Å². The number of aliphatic hydroxyl groups excluding tert-OH is 1. The zero-order chi connectivity index (χ0) is 32.2. The number of hydrogen-bond acceptors (Lipinski definition) is 11. The van der Waals surface area contributed by atoms with E-state index in [4.69, 9.17) is 19.2 Å². The SMILES string of the molecule is COc1nc(Nc2nccc(-c3ccc(O[C@H]4CCN(C(=O)[C@@H](C)O)C[C@@H]4F)c(C#N)c3)n2)ccc1C1CCN(C2COC2)CC1. The molecule has 12 nitrogen and oxygen atoms in total. The first-order valence-corrected chi connectivity index (χ1v) is 15.6. The summed E-state index contributed by atoms with van der Waals surface area (Å²) < 4.78 is 31.8. The van der Waals surface area contributed by atoms with E-state index in [9.17, 15) is 19.6 Å². The molecular weight excluding hydrogens is 593 g/mol. The van der Waals surface area contributed by atoms with Gasteiger partial charge in [0.05, 0.1) is 44.2 Å². The first kappa shape index (κ1) is 31.6. The van der Waals surface area contributed by atoms with Gasteiger partial charge in [-0.1, -0.05) is 0 Å². The quantitative estimate of drug-likeness (QED) is 0.358. The van der Waals surface area contributed by atoms with Gasteiger partial charge in [0.2, 0.25) is 11.8 Å². The predicted octanol–water partition coefficient (Wildman–Crippen LogP) is 3.44. The minimum Gasteiger partial charge on any atom is -0.486 e. The molecule has 1 aromatic carbocycles. The number of ether oxygens (including phenoxy) is 3. The summed E-state index contributed by atoms with van der Waals surface area (Å²) in [6, 6.07) is 13.4. The van der Waals surface area contributed by atoms with Crippen molar-refractivity contribution in [1.82, 2.24) is 24.8 Å². The molecule has 5 heterocycles. The average molecular weight is 632 g/mol. The van der Waals surface area contributed by atoms with E-state index in [0.717, 1.165) is 44.7 Å². The third-order valence-corrected chi connectivity index (χ3v) is 8.91. The monoisotopic (exact) mass is 631 g/mol. The van der Waals surface area contributed by atoms with Crippen LogP contribution in [0.3, 0.4) is 0 Å². The van der Waals surface area contributed by atoms with Crippen molar-refractivity contribution >= 4 is 17.7 Å². The lowest BCUT2D eigenvalue weighted by atomic mass is 9.89. The molecule has 3 saturated heterocycles. The average Bonchev–Trinajstić information content (AvgIpc) is 3.05. The Balaban J connectivity index is 1.11. The summed E-state index contributed by atoms with van der Waals surface area (Å²) in [5.74, 6) is 1.56. The van der Waals surface area contributed by atoms with Gasteiger partial charge in [-0.2, -0.15) is 10.2 Å². The van der Waals surface area contributed by atoms with E-state index in [1.165, 1.54) is 11.8 Å². The van der Waals surface area contributed by atoms with Crippen molar-refractivity contribution < 1.29 is 28.5 Å². The van der Waals surface area contributed by atoms with Gasteiger partial charge in [0.1, 0.15) is 29.8 Å². The molecule has 1 amide bonds. The van der Waals surface area contributed by atoms with E-state index in [0.29, 0.717) is 40.9 Å². The number of carbonyl (C=O) groups excluding carboxylic acids is 1. The van der Waals surface area contributed by atoms with Crippen LogP contribution in [0.25, 0.3) is 11.3 Å². The fourth-order valence-corrected chi connectivity index (χ4v) is 6.22. The van der Waals surface area contributed by atoms with Crippen LogP contribution in [0.1, 0.15) is 43.2 Å². The number of likely N-dealkylation sites (tertiary alicyclic amines) is 2. The maximum atomic E-state index is 14.9. The highest BCUT2D eigenvalue weighted by Gasteiger charge is 2.35. The predicted molar refractivity (Wildman–Crippen MR) is 167 cm³/mol. The molecule has 0 aliphatic carbocycles. The van der Waals surface area contributed by atoms with Crippen LogP contribution in [0, 0.1) is 11.3 Å². The van der Waals surface area contributed by atoms with Gasteiger partial charge in [-0.3, -0.25) is 9.69 Å². The van der Waals surface area contributed by atoms with E-state index >= 15 is 0 Å². The van der Waals surface area contributed by atoms with Crippen LogP contribution in [0.5, 0.6) is 11.6 Å². The number of nitrogens with one attached hydrogen (secondary N) is 1. The van der Waals surface area contributed by atoms with Crippen molar-refractivity contribution in [2.45, 2.75) is 56.5 Å². The second kappa shape index (κ2) is 13.9. The smallest absolute Gasteiger partial charge is 0.251 e. The zero-order valence-electron chi connectivity index (χ0n) is 25.9. The highest BCUT2D eigenvalue weighted by molar-refractivity contribution is 5.80. The number of pyridine rings is 1. The van der Waals surface area contributed by atoms with Crippen molar-refractivity contribution in [3.63, 3.8) is 0 Å². The first-order chi connectivity index (χ1) is 22.3. The number of methoxy groups -OCH3 is 1. The third-order valence-electron chi connectivity index (χ3n) is 8.91. The molecule has 2 aromatic heterocycles. The number of aliphatic hydroxyl groups is 1. The van der Waals surface area contributed by atoms with Crippen LogP contribution in [0.15, 0.2) is 42.6 Å². The van der Waals surface area contributed by atoms with Gasteiger partial charge in [0.25, 0.3) is 5.91 Å². The van der Waals surface area contributed by atoms with Gasteiger partial charge in [0.15, 0.2) is 6.17 Å². The molecule has 3 aromatic rings. The number of aromatic nitrogens is 3. The van der Waals surface area contributed by atoms with Crippen LogP contribution in [0.2, 0.25) is 0 Å². The Labute approximate surface area is 267 Å². The Hall–Kier alpha value is -4.38. The second-order valence-electron chi connectivity index (χ2n) is 11.9. The van der Waals surface area contributed by atoms with Crippen molar-refractivity contribution in [3.8, 4) is 29.0 Å². The Morgan fingerprint density at radius 2 is 1.96 bits per heavy atom. The Morgan fingerprint density at radius 1 is 1.15 bits per heavy atom. The maximum absolute atomic E-state index is 14.9. The number of rotatable bonds is 9. The van der Waals surface area contributed by atoms with E-state index in [2.05, 4.69) is 32.3 Å². The molecule has 13 heteroatoms. The van der Waals surface area contributed by atoms with Gasteiger partial charge < -0.3 is 29.5 Å². The Bertz CT molecular complexity index is 1590. The Kier molecular flexibility index (Phi) is 9.58. The molecule has 0 saturated carbocycles. The number of carbonyl (C=O) groups is 1. The van der Waals surface area contributed by atoms with Crippen LogP contribution in [0.4, 0.5) is 16.2 Å². The van der Waals surface area contributed by atoms with E-state index in [1.54, 1.807) is 37.6 Å². The van der Waals surface area contributed by atoms with Gasteiger partial charge in [-0.25, -0.2) is 14.4 Å². The third kappa shape index (κ3) is 6.89. The standard InChI is InChI=1S/C33H38FN7O5/c1-20(42)32(43)41-14-10-29(26(34)17-41)46-28-5-3-22(15-23(28)16-35)27-7-11-36-33(37-27)39-30-6-4-25(31(38-30)44-2)21-8-12-40(13-9-21)24-18-45-19-24/h3-7,11,15,20-21,24,26,29,42H,8-10,12-14,17-19H2,1-2H3,(H,36,37,38,39)/t20-,26+,29+/m1/s1. The fraction of sp³-hybridized carbons (Fsp3) is 0.485. The number of nitriles is 1. The van der Waals surface area contributed by atoms with Gasteiger partial charge >= 0.3 is 0 Å². The topological polar surface area (TPSA) is 146 Å². The highest BCUT2D eigenvalue weighted by atomic mass is 19.1. The van der Waals surface area contributed by atoms with Crippen molar-refractivity contribution in [3.05, 3.63) is 53.7 Å². The summed E-state index contributed by atoms with van der Waals surface area (Å²) in [6.07, 6.45) is 0.466. The number of halogens is 1. The van der Waals surface area contributed by atoms with Gasteiger partial charge in [-0.15, -0.1) is 0 Å². The lowest BCUT2D eigenvalue weighted by Gasteiger charge is -2.41. The molecule has 6 rings (SSSR count). The second-order valence-corrected chi connectivity index (χ2v) is 11.9. The molecule has 3 aliphatic heterocycles. The van der Waals surface area contributed by atoms with E-state index < -0.39 is 24.3 Å². The first-order valence-electron chi connectivity index (χ1n) is 15.6. The summed E-state index contributed by atoms with van der Waals surface area (Å²) in [5.41, 5.74) is 2.55. The number of nitrogens with zero attached hydrogens (tertiary/aromatic N) is 6. The molecule has 3 atom stereocenters.